The number of hydrogen-bond acceptors (Lipinski definition) is 8. The maximum absolute atomic E-state index is 13.0. The van der Waals surface area contributed by atoms with Crippen LogP contribution in [0.15, 0.2) is 48.6 Å². The lowest BCUT2D eigenvalue weighted by Gasteiger charge is -2.26. The van der Waals surface area contributed by atoms with Crippen LogP contribution in [0.5, 0.6) is 0 Å². The molecule has 95 heavy (non-hydrogen) atoms. The smallest absolute Gasteiger partial charge is 0.306 e. The summed E-state index contributed by atoms with van der Waals surface area (Å²) in [5, 5.41) is 11.9. The number of carboxylic acid groups (broad SMARTS) is 1. The van der Waals surface area contributed by atoms with Crippen LogP contribution in [0.3, 0.4) is 0 Å². The van der Waals surface area contributed by atoms with E-state index in [4.69, 9.17) is 18.9 Å². The van der Waals surface area contributed by atoms with Crippen molar-refractivity contribution < 1.29 is 42.9 Å². The highest BCUT2D eigenvalue weighted by Crippen LogP contribution is 2.20. The normalized spacial score (nSPS) is 12.8. The molecule has 0 radical (unpaired) electrons. The van der Waals surface area contributed by atoms with Gasteiger partial charge in [0.05, 0.1) is 40.3 Å². The lowest BCUT2D eigenvalue weighted by molar-refractivity contribution is -0.870. The minimum absolute atomic E-state index is 0.151. The number of carbonyl (C=O) groups is 3. The first-order valence-corrected chi connectivity index (χ1v) is 41.8. The van der Waals surface area contributed by atoms with Crippen LogP contribution in [0.2, 0.25) is 0 Å². The molecule has 0 aromatic rings. The maximum Gasteiger partial charge on any atom is 0.306 e. The zero-order valence-electron chi connectivity index (χ0n) is 64.1. The number of hydrogen-bond donors (Lipinski definition) is 0. The minimum Gasteiger partial charge on any atom is -0.545 e. The molecule has 0 heterocycles. The fraction of sp³-hybridized carbons (Fsp3) is 0.872. The summed E-state index contributed by atoms with van der Waals surface area (Å²) >= 11 is 0. The van der Waals surface area contributed by atoms with Crippen molar-refractivity contribution in [1.82, 2.24) is 0 Å². The van der Waals surface area contributed by atoms with E-state index in [1.165, 1.54) is 347 Å². The van der Waals surface area contributed by atoms with Gasteiger partial charge in [0.25, 0.3) is 0 Å². The number of unbranched alkanes of at least 4 members (excludes halogenated alkanes) is 56. The van der Waals surface area contributed by atoms with Gasteiger partial charge in [-0.1, -0.05) is 383 Å². The summed E-state index contributed by atoms with van der Waals surface area (Å²) in [6, 6.07) is 0. The molecular weight excluding hydrogens is 1170 g/mol. The Kier molecular flexibility index (Phi) is 74.8. The van der Waals surface area contributed by atoms with Crippen LogP contribution in [0.4, 0.5) is 0 Å². The summed E-state index contributed by atoms with van der Waals surface area (Å²) in [6.45, 7) is 4.81. The lowest BCUT2D eigenvalue weighted by Crippen LogP contribution is -2.44. The number of carbonyl (C=O) groups excluding carboxylic acids is 3. The molecule has 9 nitrogen and oxygen atoms in total. The van der Waals surface area contributed by atoms with Crippen LogP contribution in [0.1, 0.15) is 425 Å². The van der Waals surface area contributed by atoms with Crippen LogP contribution in [0, 0.1) is 0 Å². The molecule has 0 rings (SSSR count). The Morgan fingerprint density at radius 3 is 0.853 bits per heavy atom. The second kappa shape index (κ2) is 77.0. The molecule has 9 heteroatoms. The Hall–Kier alpha value is -2.75. The Labute approximate surface area is 591 Å². The zero-order valence-corrected chi connectivity index (χ0v) is 64.1. The van der Waals surface area contributed by atoms with Gasteiger partial charge in [0, 0.05) is 12.8 Å². The number of likely N-dealkylation sites (N-methyl/N-ethyl adjacent to an activating group) is 1. The number of quaternary nitrogens is 1. The Balaban J connectivity index is 3.95. The molecule has 0 fully saturated rings. The molecule has 0 aliphatic heterocycles. The molecule has 0 bridgehead atoms. The van der Waals surface area contributed by atoms with E-state index in [1.807, 2.05) is 21.1 Å². The first kappa shape index (κ1) is 92.2. The fourth-order valence-electron chi connectivity index (χ4n) is 12.7. The third-order valence-corrected chi connectivity index (χ3v) is 19.0. The average Bonchev–Trinajstić information content (AvgIpc) is 3.75. The number of nitrogens with zero attached hydrogens (tertiary/aromatic N) is 1. The fourth-order valence-corrected chi connectivity index (χ4v) is 12.7. The van der Waals surface area contributed by atoms with Crippen molar-refractivity contribution >= 4 is 17.9 Å². The maximum atomic E-state index is 13.0. The van der Waals surface area contributed by atoms with Gasteiger partial charge in [-0.3, -0.25) is 9.59 Å². The third-order valence-electron chi connectivity index (χ3n) is 19.0. The van der Waals surface area contributed by atoms with Crippen molar-refractivity contribution in [3.63, 3.8) is 0 Å². The molecule has 0 amide bonds. The van der Waals surface area contributed by atoms with Crippen molar-refractivity contribution in [3.8, 4) is 0 Å². The SMILES string of the molecule is CCCCCCC/C=C\C/C=C\C/C=C\CCCCCCCCCCCCCCCCCCCCCCCCC(=O)OC(COC(=O)CCCCCCCCCCCCCCCCCCCCCCC/C=C\CCCCCCCCCC)COC(OCC[N+](C)(C)C)C(=O)[O-]. The van der Waals surface area contributed by atoms with Gasteiger partial charge in [0.1, 0.15) is 13.2 Å². The summed E-state index contributed by atoms with van der Waals surface area (Å²) in [5.41, 5.74) is 0. The highest BCUT2D eigenvalue weighted by Gasteiger charge is 2.22. The lowest BCUT2D eigenvalue weighted by atomic mass is 10.0. The first-order chi connectivity index (χ1) is 46.6. The molecule has 558 valence electrons. The van der Waals surface area contributed by atoms with Gasteiger partial charge < -0.3 is 33.3 Å². The highest BCUT2D eigenvalue weighted by molar-refractivity contribution is 5.70. The van der Waals surface area contributed by atoms with Gasteiger partial charge in [-0.2, -0.15) is 0 Å². The van der Waals surface area contributed by atoms with Crippen molar-refractivity contribution in [2.75, 3.05) is 47.5 Å². The zero-order chi connectivity index (χ0) is 69.0. The summed E-state index contributed by atoms with van der Waals surface area (Å²) in [4.78, 5) is 37.6. The largest absolute Gasteiger partial charge is 0.545 e. The summed E-state index contributed by atoms with van der Waals surface area (Å²) in [6.07, 6.45) is 98.2. The van der Waals surface area contributed by atoms with Gasteiger partial charge in [-0.15, -0.1) is 0 Å². The Morgan fingerprint density at radius 2 is 0.568 bits per heavy atom. The quantitative estimate of drug-likeness (QED) is 0.0195. The van der Waals surface area contributed by atoms with Crippen LogP contribution < -0.4 is 5.11 Å². The van der Waals surface area contributed by atoms with Crippen LogP contribution in [-0.4, -0.2) is 82.3 Å². The van der Waals surface area contributed by atoms with E-state index in [1.54, 1.807) is 0 Å². The second-order valence-corrected chi connectivity index (χ2v) is 29.8. The molecule has 0 aromatic heterocycles. The summed E-state index contributed by atoms with van der Waals surface area (Å²) in [7, 11) is 5.95. The molecule has 0 aliphatic carbocycles. The van der Waals surface area contributed by atoms with E-state index in [0.29, 0.717) is 17.4 Å². The van der Waals surface area contributed by atoms with E-state index in [9.17, 15) is 19.5 Å². The minimum atomic E-state index is -1.62. The number of allylic oxidation sites excluding steroid dienone is 8. The predicted molar refractivity (Wildman–Crippen MR) is 408 cm³/mol. The molecule has 0 spiro atoms. The van der Waals surface area contributed by atoms with Gasteiger partial charge in [0.2, 0.25) is 0 Å². The summed E-state index contributed by atoms with van der Waals surface area (Å²) < 4.78 is 22.9. The van der Waals surface area contributed by atoms with Crippen LogP contribution in [0.25, 0.3) is 0 Å². The molecular formula is C86H161NO8. The predicted octanol–water partition coefficient (Wildman–Crippen LogP) is 25.5. The van der Waals surface area contributed by atoms with E-state index in [2.05, 4.69) is 62.5 Å². The molecule has 0 aromatic carbocycles. The molecule has 2 unspecified atom stereocenters. The second-order valence-electron chi connectivity index (χ2n) is 29.8. The summed E-state index contributed by atoms with van der Waals surface area (Å²) in [5.74, 6) is -2.25. The first-order valence-electron chi connectivity index (χ1n) is 41.8. The highest BCUT2D eigenvalue weighted by atomic mass is 16.7. The van der Waals surface area contributed by atoms with Gasteiger partial charge in [-0.25, -0.2) is 0 Å². The molecule has 0 saturated carbocycles. The average molecular weight is 1340 g/mol. The van der Waals surface area contributed by atoms with E-state index >= 15 is 0 Å². The van der Waals surface area contributed by atoms with Crippen molar-refractivity contribution in [2.24, 2.45) is 0 Å². The number of ether oxygens (including phenoxy) is 4. The van der Waals surface area contributed by atoms with Crippen LogP contribution >= 0.6 is 0 Å². The number of rotatable bonds is 79. The monoisotopic (exact) mass is 1340 g/mol. The topological polar surface area (TPSA) is 111 Å². The van der Waals surface area contributed by atoms with Gasteiger partial charge in [0.15, 0.2) is 12.4 Å². The van der Waals surface area contributed by atoms with Gasteiger partial charge in [-0.05, 0) is 77.0 Å². The van der Waals surface area contributed by atoms with Crippen LogP contribution in [-0.2, 0) is 33.3 Å². The van der Waals surface area contributed by atoms with Crippen molar-refractivity contribution in [1.29, 1.82) is 0 Å². The number of carboxylic acids is 1. The van der Waals surface area contributed by atoms with Crippen molar-refractivity contribution in [3.05, 3.63) is 48.6 Å². The molecule has 0 N–H and O–H groups in total. The third kappa shape index (κ3) is 78.5. The Morgan fingerprint density at radius 1 is 0.316 bits per heavy atom. The molecule has 0 aliphatic rings. The number of esters is 2. The van der Waals surface area contributed by atoms with E-state index in [-0.39, 0.29) is 32.2 Å². The number of aliphatic carboxylic acids is 1. The molecule has 2 atom stereocenters. The molecule has 0 saturated heterocycles. The van der Waals surface area contributed by atoms with Crippen molar-refractivity contribution in [2.45, 2.75) is 437 Å². The van der Waals surface area contributed by atoms with Gasteiger partial charge >= 0.3 is 11.9 Å². The van der Waals surface area contributed by atoms with E-state index in [0.717, 1.165) is 51.4 Å². The standard InChI is InChI=1S/C86H161NO8/c1-6-8-10-12-14-16-18-20-22-24-26-28-30-32-34-36-38-40-41-42-43-45-47-49-51-53-55-57-59-61-63-65-67-69-71-73-75-77-84(89)95-82(81-94-86(85(90)91)92-79-78-87(3,4)5)80-93-83(88)76-74-72-70-68-66-64-62-60-58-56-54-52-50-48-46-44-39-37-35-33-31-29-27-25-23-21-19-17-15-13-11-9-7-2/h18,20,24-27,30,32,82,86H,6-17,19,21-23,28-29,31,33-81H2,1-5H3/b20-18-,26-24-,27-25-,32-30-. The Bertz CT molecular complexity index is 1700. The van der Waals surface area contributed by atoms with E-state index < -0.39 is 24.3 Å².